The van der Waals surface area contributed by atoms with Crippen molar-refractivity contribution in [2.75, 3.05) is 19.7 Å². The molecule has 27 heavy (non-hydrogen) atoms. The van der Waals surface area contributed by atoms with E-state index in [9.17, 15) is 14.0 Å². The van der Waals surface area contributed by atoms with Crippen molar-refractivity contribution >= 4 is 23.4 Å². The Bertz CT molecular complexity index is 793. The van der Waals surface area contributed by atoms with E-state index in [1.807, 2.05) is 13.8 Å². The zero-order chi connectivity index (χ0) is 19.8. The Hall–Kier alpha value is -2.58. The Labute approximate surface area is 161 Å². The van der Waals surface area contributed by atoms with Gasteiger partial charge in [0, 0.05) is 6.07 Å². The van der Waals surface area contributed by atoms with Gasteiger partial charge in [-0.05, 0) is 37.4 Å². The molecule has 146 valence electrons. The van der Waals surface area contributed by atoms with Gasteiger partial charge in [0.15, 0.2) is 12.4 Å². The van der Waals surface area contributed by atoms with Crippen molar-refractivity contribution in [1.82, 2.24) is 15.8 Å². The molecule has 2 N–H and O–H groups in total. The lowest BCUT2D eigenvalue weighted by atomic mass is 10.3. The summed E-state index contributed by atoms with van der Waals surface area (Å²) in [6.45, 7) is 6.03. The second-order valence-corrected chi connectivity index (χ2v) is 6.00. The standard InChI is InChI=1S/C18H21ClFN3O4/c1-3-23(4-2)10-13-6-8-16(27-13)18(25)22-21-17(24)11-26-12-5-7-15(20)14(19)9-12/h5-9H,3-4,10-11H2,1-2H3,(H,21,24)(H,22,25). The molecule has 7 nitrogen and oxygen atoms in total. The number of ether oxygens (including phenoxy) is 1. The maximum atomic E-state index is 13.1. The molecule has 0 radical (unpaired) electrons. The third-order valence-corrected chi connectivity index (χ3v) is 4.03. The first-order valence-corrected chi connectivity index (χ1v) is 8.78. The van der Waals surface area contributed by atoms with Gasteiger partial charge in [-0.25, -0.2) is 4.39 Å². The minimum Gasteiger partial charge on any atom is -0.484 e. The second kappa shape index (κ2) is 9.94. The number of benzene rings is 1. The molecule has 1 aromatic heterocycles. The third-order valence-electron chi connectivity index (χ3n) is 3.74. The Balaban J connectivity index is 1.78. The van der Waals surface area contributed by atoms with Crippen molar-refractivity contribution in [3.63, 3.8) is 0 Å². The predicted octanol–water partition coefficient (Wildman–Crippen LogP) is 2.75. The quantitative estimate of drug-likeness (QED) is 0.669. The van der Waals surface area contributed by atoms with Crippen LogP contribution in [0.3, 0.4) is 0 Å². The molecular weight excluding hydrogens is 377 g/mol. The summed E-state index contributed by atoms with van der Waals surface area (Å²) in [5.41, 5.74) is 4.45. The topological polar surface area (TPSA) is 83.8 Å². The highest BCUT2D eigenvalue weighted by molar-refractivity contribution is 6.30. The number of carbonyl (C=O) groups is 2. The van der Waals surface area contributed by atoms with Crippen LogP contribution in [0.15, 0.2) is 34.7 Å². The highest BCUT2D eigenvalue weighted by Gasteiger charge is 2.14. The van der Waals surface area contributed by atoms with E-state index in [-0.39, 0.29) is 23.1 Å². The Morgan fingerprint density at radius 2 is 1.93 bits per heavy atom. The Kier molecular flexibility index (Phi) is 7.63. The van der Waals surface area contributed by atoms with Crippen LogP contribution in [0.5, 0.6) is 5.75 Å². The molecule has 0 unspecified atom stereocenters. The molecule has 0 aliphatic carbocycles. The van der Waals surface area contributed by atoms with Gasteiger partial charge in [-0.1, -0.05) is 25.4 Å². The summed E-state index contributed by atoms with van der Waals surface area (Å²) in [7, 11) is 0. The summed E-state index contributed by atoms with van der Waals surface area (Å²) in [5, 5.41) is -0.112. The first-order valence-electron chi connectivity index (χ1n) is 8.41. The van der Waals surface area contributed by atoms with Crippen LogP contribution >= 0.6 is 11.6 Å². The average molecular weight is 398 g/mol. The number of hydrogen-bond acceptors (Lipinski definition) is 5. The molecule has 2 aromatic rings. The monoisotopic (exact) mass is 397 g/mol. The van der Waals surface area contributed by atoms with Crippen LogP contribution in [0.25, 0.3) is 0 Å². The molecule has 0 aliphatic rings. The molecule has 2 amide bonds. The number of halogens is 2. The SMILES string of the molecule is CCN(CC)Cc1ccc(C(=O)NNC(=O)COc2ccc(F)c(Cl)c2)o1. The number of hydrazine groups is 1. The molecular formula is C18H21ClFN3O4. The molecule has 0 aliphatic heterocycles. The fraction of sp³-hybridized carbons (Fsp3) is 0.333. The van der Waals surface area contributed by atoms with Crippen LogP contribution in [0.1, 0.15) is 30.2 Å². The summed E-state index contributed by atoms with van der Waals surface area (Å²) in [6, 6.07) is 6.98. The van der Waals surface area contributed by atoms with Gasteiger partial charge in [0.2, 0.25) is 0 Å². The summed E-state index contributed by atoms with van der Waals surface area (Å²) < 4.78 is 23.7. The zero-order valence-electron chi connectivity index (χ0n) is 15.1. The van der Waals surface area contributed by atoms with Crippen molar-refractivity contribution < 1.29 is 23.1 Å². The molecule has 0 saturated heterocycles. The normalized spacial score (nSPS) is 10.7. The number of carbonyl (C=O) groups excluding carboxylic acids is 2. The number of furan rings is 1. The van der Waals surface area contributed by atoms with Crippen LogP contribution in [0, 0.1) is 5.82 Å². The minimum absolute atomic E-state index is 0.0868. The smallest absolute Gasteiger partial charge is 0.305 e. The van der Waals surface area contributed by atoms with E-state index in [4.69, 9.17) is 20.8 Å². The van der Waals surface area contributed by atoms with Crippen molar-refractivity contribution in [3.05, 3.63) is 52.7 Å². The van der Waals surface area contributed by atoms with Crippen LogP contribution in [0.4, 0.5) is 4.39 Å². The number of amides is 2. The maximum absolute atomic E-state index is 13.1. The fourth-order valence-corrected chi connectivity index (χ4v) is 2.36. The van der Waals surface area contributed by atoms with E-state index >= 15 is 0 Å². The number of nitrogens with one attached hydrogen (secondary N) is 2. The molecule has 0 spiro atoms. The van der Waals surface area contributed by atoms with Crippen molar-refractivity contribution in [2.45, 2.75) is 20.4 Å². The molecule has 2 rings (SSSR count). The van der Waals surface area contributed by atoms with E-state index in [1.165, 1.54) is 18.2 Å². The van der Waals surface area contributed by atoms with Gasteiger partial charge in [-0.2, -0.15) is 0 Å². The second-order valence-electron chi connectivity index (χ2n) is 5.59. The van der Waals surface area contributed by atoms with Gasteiger partial charge in [0.1, 0.15) is 17.3 Å². The van der Waals surface area contributed by atoms with Crippen LogP contribution in [-0.4, -0.2) is 36.4 Å². The van der Waals surface area contributed by atoms with Crippen molar-refractivity contribution in [2.24, 2.45) is 0 Å². The zero-order valence-corrected chi connectivity index (χ0v) is 15.8. The lowest BCUT2D eigenvalue weighted by Gasteiger charge is -2.15. The highest BCUT2D eigenvalue weighted by Crippen LogP contribution is 2.20. The summed E-state index contributed by atoms with van der Waals surface area (Å²) >= 11 is 5.63. The summed E-state index contributed by atoms with van der Waals surface area (Å²) in [4.78, 5) is 25.9. The van der Waals surface area contributed by atoms with Gasteiger partial charge >= 0.3 is 5.91 Å². The van der Waals surface area contributed by atoms with E-state index in [1.54, 1.807) is 6.07 Å². The van der Waals surface area contributed by atoms with Gasteiger partial charge in [0.25, 0.3) is 5.91 Å². The third kappa shape index (κ3) is 6.26. The van der Waals surface area contributed by atoms with Crippen LogP contribution < -0.4 is 15.6 Å². The molecule has 1 aromatic carbocycles. The number of hydrogen-bond donors (Lipinski definition) is 2. The van der Waals surface area contributed by atoms with Crippen molar-refractivity contribution in [1.29, 1.82) is 0 Å². The molecule has 9 heteroatoms. The molecule has 0 atom stereocenters. The van der Waals surface area contributed by atoms with Gasteiger partial charge in [-0.3, -0.25) is 25.3 Å². The van der Waals surface area contributed by atoms with E-state index in [0.29, 0.717) is 12.3 Å². The lowest BCUT2D eigenvalue weighted by molar-refractivity contribution is -0.123. The lowest BCUT2D eigenvalue weighted by Crippen LogP contribution is -2.43. The average Bonchev–Trinajstić information content (AvgIpc) is 3.13. The molecule has 0 fully saturated rings. The Morgan fingerprint density at radius 1 is 1.19 bits per heavy atom. The van der Waals surface area contributed by atoms with E-state index in [2.05, 4.69) is 15.8 Å². The first kappa shape index (κ1) is 20.7. The fourth-order valence-electron chi connectivity index (χ4n) is 2.19. The summed E-state index contributed by atoms with van der Waals surface area (Å²) in [6.07, 6.45) is 0. The van der Waals surface area contributed by atoms with Gasteiger partial charge in [0.05, 0.1) is 11.6 Å². The molecule has 0 bridgehead atoms. The molecule has 0 saturated carbocycles. The molecule has 1 heterocycles. The van der Waals surface area contributed by atoms with Crippen LogP contribution in [0.2, 0.25) is 5.02 Å². The van der Waals surface area contributed by atoms with Gasteiger partial charge < -0.3 is 9.15 Å². The van der Waals surface area contributed by atoms with Crippen molar-refractivity contribution in [3.8, 4) is 5.75 Å². The Morgan fingerprint density at radius 3 is 2.59 bits per heavy atom. The number of rotatable bonds is 8. The highest BCUT2D eigenvalue weighted by atomic mass is 35.5. The predicted molar refractivity (Wildman–Crippen MR) is 97.8 cm³/mol. The van der Waals surface area contributed by atoms with Crippen LogP contribution in [-0.2, 0) is 11.3 Å². The van der Waals surface area contributed by atoms with E-state index in [0.717, 1.165) is 19.2 Å². The van der Waals surface area contributed by atoms with Gasteiger partial charge in [-0.15, -0.1) is 0 Å². The minimum atomic E-state index is -0.598. The number of nitrogens with zero attached hydrogens (tertiary/aromatic N) is 1. The summed E-state index contributed by atoms with van der Waals surface area (Å²) in [5.74, 6) is -0.789. The largest absolute Gasteiger partial charge is 0.484 e. The maximum Gasteiger partial charge on any atom is 0.305 e. The first-order chi connectivity index (χ1) is 12.9. The van der Waals surface area contributed by atoms with E-state index < -0.39 is 17.6 Å².